The van der Waals surface area contributed by atoms with Crippen molar-refractivity contribution in [2.75, 3.05) is 44.7 Å². The van der Waals surface area contributed by atoms with Gasteiger partial charge in [0.2, 0.25) is 0 Å². The van der Waals surface area contributed by atoms with E-state index in [1.54, 1.807) is 13.2 Å². The first kappa shape index (κ1) is 25.1. The van der Waals surface area contributed by atoms with Gasteiger partial charge in [-0.2, -0.15) is 5.10 Å². The number of benzene rings is 3. The molecule has 3 heterocycles. The maximum Gasteiger partial charge on any atom is 0.263 e. The maximum atomic E-state index is 13.5. The molecule has 0 unspecified atom stereocenters. The van der Waals surface area contributed by atoms with Crippen molar-refractivity contribution in [3.63, 3.8) is 0 Å². The highest BCUT2D eigenvalue weighted by atomic mass is 16.5. The smallest absolute Gasteiger partial charge is 0.263 e. The number of carbonyl (C=O) groups excluding carboxylic acids is 2. The Morgan fingerprint density at radius 1 is 0.872 bits per heavy atom. The third-order valence-electron chi connectivity index (χ3n) is 7.93. The number of amides is 2. The number of hydrogen-bond donors (Lipinski definition) is 0. The van der Waals surface area contributed by atoms with Crippen LogP contribution in [0.15, 0.2) is 60.7 Å². The summed E-state index contributed by atoms with van der Waals surface area (Å²) in [6.45, 7) is 8.74. The van der Waals surface area contributed by atoms with Gasteiger partial charge in [0.1, 0.15) is 5.75 Å². The molecule has 0 bridgehead atoms. The van der Waals surface area contributed by atoms with Crippen LogP contribution in [-0.4, -0.2) is 71.2 Å². The second-order valence-electron chi connectivity index (χ2n) is 10.3. The average molecular weight is 524 g/mol. The minimum absolute atomic E-state index is 0.213. The van der Waals surface area contributed by atoms with Gasteiger partial charge in [-0.25, -0.2) is 0 Å². The highest BCUT2D eigenvalue weighted by Crippen LogP contribution is 2.33. The minimum atomic E-state index is -0.222. The van der Waals surface area contributed by atoms with Crippen LogP contribution in [0.1, 0.15) is 37.7 Å². The van der Waals surface area contributed by atoms with Gasteiger partial charge in [0.05, 0.1) is 36.2 Å². The van der Waals surface area contributed by atoms with Crippen molar-refractivity contribution in [3.05, 3.63) is 88.7 Å². The molecule has 1 aromatic heterocycles. The molecule has 39 heavy (non-hydrogen) atoms. The molecule has 3 aromatic carbocycles. The molecular formula is C31H33N5O3. The number of fused-ring (bicyclic) bond motifs is 2. The number of aromatic nitrogens is 2. The Balaban J connectivity index is 1.17. The molecule has 0 atom stereocenters. The standard InChI is InChI=1S/C31H33N5O3/c1-21-19-22(2)36(32-21)18-17-35-30(37)25-9-6-10-27(29(25)31(35)38)34-15-13-33(14-16-34)20-26-24-8-5-4-7-23(24)11-12-28(26)39-3/h4-12,19H,13-18,20H2,1-3H3. The quantitative estimate of drug-likeness (QED) is 0.337. The number of anilines is 1. The Labute approximate surface area is 228 Å². The minimum Gasteiger partial charge on any atom is -0.496 e. The fraction of sp³-hybridized carbons (Fsp3) is 0.323. The van der Waals surface area contributed by atoms with E-state index in [2.05, 4.69) is 45.2 Å². The summed E-state index contributed by atoms with van der Waals surface area (Å²) < 4.78 is 7.56. The molecule has 0 aliphatic carbocycles. The molecule has 0 saturated carbocycles. The summed E-state index contributed by atoms with van der Waals surface area (Å²) in [5.74, 6) is 0.469. The van der Waals surface area contributed by atoms with E-state index >= 15 is 0 Å². The Morgan fingerprint density at radius 3 is 2.41 bits per heavy atom. The van der Waals surface area contributed by atoms with Gasteiger partial charge in [-0.15, -0.1) is 0 Å². The number of methoxy groups -OCH3 is 1. The second kappa shape index (κ2) is 10.2. The first-order valence-electron chi connectivity index (χ1n) is 13.5. The average Bonchev–Trinajstić information content (AvgIpc) is 3.41. The van der Waals surface area contributed by atoms with Gasteiger partial charge in [-0.3, -0.25) is 24.1 Å². The Hall–Kier alpha value is -4.17. The van der Waals surface area contributed by atoms with E-state index in [-0.39, 0.29) is 11.8 Å². The van der Waals surface area contributed by atoms with Crippen molar-refractivity contribution in [2.24, 2.45) is 0 Å². The largest absolute Gasteiger partial charge is 0.496 e. The first-order chi connectivity index (χ1) is 18.9. The summed E-state index contributed by atoms with van der Waals surface area (Å²) in [7, 11) is 1.72. The van der Waals surface area contributed by atoms with E-state index in [0.29, 0.717) is 24.2 Å². The van der Waals surface area contributed by atoms with Crippen LogP contribution in [0.25, 0.3) is 10.8 Å². The fourth-order valence-corrected chi connectivity index (χ4v) is 5.92. The van der Waals surface area contributed by atoms with E-state index < -0.39 is 0 Å². The number of hydrogen-bond acceptors (Lipinski definition) is 6. The fourth-order valence-electron chi connectivity index (χ4n) is 5.92. The molecule has 2 amide bonds. The van der Waals surface area contributed by atoms with Crippen LogP contribution in [0.4, 0.5) is 5.69 Å². The molecule has 8 nitrogen and oxygen atoms in total. The lowest BCUT2D eigenvalue weighted by Crippen LogP contribution is -2.46. The third kappa shape index (κ3) is 4.55. The zero-order valence-electron chi connectivity index (χ0n) is 22.7. The van der Waals surface area contributed by atoms with Crippen LogP contribution in [0, 0.1) is 13.8 Å². The number of imide groups is 1. The molecule has 1 saturated heterocycles. The summed E-state index contributed by atoms with van der Waals surface area (Å²) in [5.41, 5.74) is 5.01. The van der Waals surface area contributed by atoms with Crippen LogP contribution in [0.5, 0.6) is 5.75 Å². The van der Waals surface area contributed by atoms with Crippen LogP contribution >= 0.6 is 0 Å². The van der Waals surface area contributed by atoms with Gasteiger partial charge in [0.25, 0.3) is 11.8 Å². The van der Waals surface area contributed by atoms with E-state index in [4.69, 9.17) is 4.74 Å². The van der Waals surface area contributed by atoms with Crippen molar-refractivity contribution in [2.45, 2.75) is 26.9 Å². The van der Waals surface area contributed by atoms with Crippen molar-refractivity contribution in [3.8, 4) is 5.75 Å². The summed E-state index contributed by atoms with van der Waals surface area (Å²) in [6.07, 6.45) is 0. The normalized spacial score (nSPS) is 15.9. The predicted octanol–water partition coefficient (Wildman–Crippen LogP) is 4.28. The lowest BCUT2D eigenvalue weighted by atomic mass is 10.0. The molecular weight excluding hydrogens is 490 g/mol. The molecule has 0 spiro atoms. The molecule has 4 aromatic rings. The lowest BCUT2D eigenvalue weighted by Gasteiger charge is -2.37. The lowest BCUT2D eigenvalue weighted by molar-refractivity contribution is 0.0647. The second-order valence-corrected chi connectivity index (χ2v) is 10.3. The number of rotatable bonds is 7. The molecule has 8 heteroatoms. The number of ether oxygens (including phenoxy) is 1. The molecule has 2 aliphatic rings. The monoisotopic (exact) mass is 523 g/mol. The highest BCUT2D eigenvalue weighted by molar-refractivity contribution is 6.23. The molecule has 0 N–H and O–H groups in total. The third-order valence-corrected chi connectivity index (χ3v) is 7.93. The summed E-state index contributed by atoms with van der Waals surface area (Å²) in [5, 5.41) is 6.89. The van der Waals surface area contributed by atoms with Crippen LogP contribution in [0.2, 0.25) is 0 Å². The number of aryl methyl sites for hydroxylation is 2. The molecule has 200 valence electrons. The Bertz CT molecular complexity index is 1570. The molecule has 1 fully saturated rings. The van der Waals surface area contributed by atoms with Gasteiger partial charge in [0, 0.05) is 50.5 Å². The summed E-state index contributed by atoms with van der Waals surface area (Å²) in [4.78, 5) is 32.8. The van der Waals surface area contributed by atoms with Gasteiger partial charge in [0.15, 0.2) is 0 Å². The first-order valence-corrected chi connectivity index (χ1v) is 13.5. The molecule has 6 rings (SSSR count). The topological polar surface area (TPSA) is 70.9 Å². The van der Waals surface area contributed by atoms with E-state index in [1.807, 2.05) is 42.8 Å². The van der Waals surface area contributed by atoms with Gasteiger partial charge < -0.3 is 9.64 Å². The summed E-state index contributed by atoms with van der Waals surface area (Å²) >= 11 is 0. The predicted molar refractivity (Wildman–Crippen MR) is 151 cm³/mol. The van der Waals surface area contributed by atoms with E-state index in [0.717, 1.165) is 55.5 Å². The summed E-state index contributed by atoms with van der Waals surface area (Å²) in [6, 6.07) is 20.2. The Kier molecular flexibility index (Phi) is 6.56. The van der Waals surface area contributed by atoms with Crippen LogP contribution in [0.3, 0.4) is 0 Å². The number of nitrogens with zero attached hydrogens (tertiary/aromatic N) is 5. The van der Waals surface area contributed by atoms with Crippen molar-refractivity contribution < 1.29 is 14.3 Å². The SMILES string of the molecule is COc1ccc2ccccc2c1CN1CCN(c2cccc3c2C(=O)N(CCn2nc(C)cc2C)C3=O)CC1. The highest BCUT2D eigenvalue weighted by Gasteiger charge is 2.38. The van der Waals surface area contributed by atoms with Crippen molar-refractivity contribution in [1.29, 1.82) is 0 Å². The van der Waals surface area contributed by atoms with E-state index in [9.17, 15) is 9.59 Å². The maximum absolute atomic E-state index is 13.5. The van der Waals surface area contributed by atoms with Crippen molar-refractivity contribution in [1.82, 2.24) is 19.6 Å². The van der Waals surface area contributed by atoms with E-state index in [1.165, 1.54) is 21.2 Å². The van der Waals surface area contributed by atoms with Crippen LogP contribution in [-0.2, 0) is 13.1 Å². The zero-order valence-corrected chi connectivity index (χ0v) is 22.7. The number of carbonyl (C=O) groups is 2. The Morgan fingerprint density at radius 2 is 1.67 bits per heavy atom. The van der Waals surface area contributed by atoms with Gasteiger partial charge in [-0.1, -0.05) is 36.4 Å². The van der Waals surface area contributed by atoms with Gasteiger partial charge >= 0.3 is 0 Å². The van der Waals surface area contributed by atoms with Crippen molar-refractivity contribution >= 4 is 28.3 Å². The number of piperazine rings is 1. The van der Waals surface area contributed by atoms with Gasteiger partial charge in [-0.05, 0) is 48.9 Å². The molecule has 2 aliphatic heterocycles. The van der Waals surface area contributed by atoms with Crippen LogP contribution < -0.4 is 9.64 Å². The zero-order chi connectivity index (χ0) is 27.1. The molecule has 0 radical (unpaired) electrons.